The summed E-state index contributed by atoms with van der Waals surface area (Å²) >= 11 is 0. The van der Waals surface area contributed by atoms with Crippen molar-refractivity contribution in [3.8, 4) is 0 Å². The van der Waals surface area contributed by atoms with Gasteiger partial charge in [-0.05, 0) is 49.4 Å². The molecule has 7 heteroatoms. The molecule has 0 saturated carbocycles. The molecular weight excluding hydrogens is 480 g/mol. The van der Waals surface area contributed by atoms with E-state index in [2.05, 4.69) is 16.8 Å². The van der Waals surface area contributed by atoms with Crippen molar-refractivity contribution in [1.29, 1.82) is 0 Å². The van der Waals surface area contributed by atoms with Crippen LogP contribution in [0.1, 0.15) is 63.1 Å². The largest absolute Gasteiger partial charge is 0.392 e. The van der Waals surface area contributed by atoms with Crippen LogP contribution >= 0.6 is 0 Å². The SMILES string of the molecule is C=CCN(C)CC1CC(c2ccc(CO)cc2)OC(c2cccc(C(=O)Nc3cccc(C(C)=O)c3)c2)O1. The van der Waals surface area contributed by atoms with E-state index in [1.807, 2.05) is 49.5 Å². The Kier molecular flexibility index (Phi) is 9.20. The van der Waals surface area contributed by atoms with E-state index in [-0.39, 0.29) is 30.5 Å². The van der Waals surface area contributed by atoms with Gasteiger partial charge in [-0.25, -0.2) is 0 Å². The molecule has 3 aromatic rings. The number of nitrogens with one attached hydrogen (secondary N) is 1. The van der Waals surface area contributed by atoms with Crippen LogP contribution in [0.3, 0.4) is 0 Å². The van der Waals surface area contributed by atoms with Crippen LogP contribution < -0.4 is 5.32 Å². The number of rotatable bonds is 10. The first-order valence-electron chi connectivity index (χ1n) is 12.7. The summed E-state index contributed by atoms with van der Waals surface area (Å²) < 4.78 is 12.8. The Balaban J connectivity index is 1.55. The maximum atomic E-state index is 13.0. The van der Waals surface area contributed by atoms with Crippen molar-refractivity contribution in [3.63, 3.8) is 0 Å². The topological polar surface area (TPSA) is 88.1 Å². The number of benzene rings is 3. The zero-order valence-corrected chi connectivity index (χ0v) is 21.8. The molecule has 4 rings (SSSR count). The van der Waals surface area contributed by atoms with Gasteiger partial charge in [0.2, 0.25) is 0 Å². The minimum Gasteiger partial charge on any atom is -0.392 e. The van der Waals surface area contributed by atoms with Crippen molar-refractivity contribution >= 4 is 17.4 Å². The van der Waals surface area contributed by atoms with E-state index in [1.54, 1.807) is 36.4 Å². The van der Waals surface area contributed by atoms with Crippen LogP contribution in [-0.4, -0.2) is 47.9 Å². The van der Waals surface area contributed by atoms with Crippen LogP contribution in [0.2, 0.25) is 0 Å². The van der Waals surface area contributed by atoms with Gasteiger partial charge in [0, 0.05) is 41.9 Å². The average molecular weight is 515 g/mol. The molecule has 1 heterocycles. The summed E-state index contributed by atoms with van der Waals surface area (Å²) in [4.78, 5) is 26.9. The Labute approximate surface area is 223 Å². The molecule has 0 aliphatic carbocycles. The first-order valence-corrected chi connectivity index (χ1v) is 12.7. The molecule has 1 amide bonds. The number of ketones is 1. The molecule has 38 heavy (non-hydrogen) atoms. The van der Waals surface area contributed by atoms with Crippen molar-refractivity contribution in [1.82, 2.24) is 4.90 Å². The van der Waals surface area contributed by atoms with Gasteiger partial charge in [0.1, 0.15) is 0 Å². The molecule has 1 fully saturated rings. The van der Waals surface area contributed by atoms with Crippen LogP contribution in [0.25, 0.3) is 0 Å². The molecular formula is C31H34N2O5. The van der Waals surface area contributed by atoms with Gasteiger partial charge in [-0.15, -0.1) is 6.58 Å². The fraction of sp³-hybridized carbons (Fsp3) is 0.290. The molecule has 1 aliphatic heterocycles. The van der Waals surface area contributed by atoms with Crippen LogP contribution in [0.5, 0.6) is 0 Å². The summed E-state index contributed by atoms with van der Waals surface area (Å²) in [5, 5.41) is 12.3. The van der Waals surface area contributed by atoms with Crippen molar-refractivity contribution in [2.75, 3.05) is 25.5 Å². The lowest BCUT2D eigenvalue weighted by atomic mass is 9.99. The highest BCUT2D eigenvalue weighted by molar-refractivity contribution is 6.05. The second kappa shape index (κ2) is 12.8. The van der Waals surface area contributed by atoms with Gasteiger partial charge in [0.05, 0.1) is 18.8 Å². The molecule has 0 radical (unpaired) electrons. The van der Waals surface area contributed by atoms with E-state index >= 15 is 0 Å². The van der Waals surface area contributed by atoms with Gasteiger partial charge in [0.15, 0.2) is 12.1 Å². The lowest BCUT2D eigenvalue weighted by Crippen LogP contribution is -2.37. The van der Waals surface area contributed by atoms with Crippen molar-refractivity contribution < 1.29 is 24.2 Å². The maximum absolute atomic E-state index is 13.0. The van der Waals surface area contributed by atoms with Crippen LogP contribution in [0.15, 0.2) is 85.5 Å². The second-order valence-corrected chi connectivity index (χ2v) is 9.58. The number of hydrogen-bond donors (Lipinski definition) is 2. The molecule has 0 spiro atoms. The summed E-state index contributed by atoms with van der Waals surface area (Å²) in [6.07, 6.45) is 1.55. The quantitative estimate of drug-likeness (QED) is 0.282. The lowest BCUT2D eigenvalue weighted by Gasteiger charge is -2.37. The van der Waals surface area contributed by atoms with Crippen molar-refractivity contribution in [3.05, 3.63) is 113 Å². The van der Waals surface area contributed by atoms with Gasteiger partial charge in [-0.2, -0.15) is 0 Å². The Morgan fingerprint density at radius 1 is 1.03 bits per heavy atom. The third-order valence-corrected chi connectivity index (χ3v) is 6.52. The molecule has 3 unspecified atom stereocenters. The number of aliphatic hydroxyl groups excluding tert-OH is 1. The monoisotopic (exact) mass is 514 g/mol. The van der Waals surface area contributed by atoms with E-state index in [0.717, 1.165) is 23.2 Å². The summed E-state index contributed by atoms with van der Waals surface area (Å²) in [7, 11) is 2.02. The van der Waals surface area contributed by atoms with Crippen LogP contribution in [0.4, 0.5) is 5.69 Å². The molecule has 198 valence electrons. The molecule has 7 nitrogen and oxygen atoms in total. The number of carbonyl (C=O) groups is 2. The number of likely N-dealkylation sites (N-methyl/N-ethyl adjacent to an activating group) is 1. The summed E-state index contributed by atoms with van der Waals surface area (Å²) in [5.74, 6) is -0.356. The number of anilines is 1. The Morgan fingerprint density at radius 2 is 1.76 bits per heavy atom. The fourth-order valence-electron chi connectivity index (χ4n) is 4.52. The summed E-state index contributed by atoms with van der Waals surface area (Å²) in [5.41, 5.74) is 4.13. The number of Topliss-reactive ketones (excluding diaryl/α,β-unsaturated/α-hetero) is 1. The van der Waals surface area contributed by atoms with Gasteiger partial charge >= 0.3 is 0 Å². The first kappa shape index (κ1) is 27.4. The highest BCUT2D eigenvalue weighted by Gasteiger charge is 2.33. The Bertz CT molecular complexity index is 1270. The molecule has 1 saturated heterocycles. The third kappa shape index (κ3) is 7.02. The zero-order valence-electron chi connectivity index (χ0n) is 21.8. The number of hydrogen-bond acceptors (Lipinski definition) is 6. The van der Waals surface area contributed by atoms with E-state index in [4.69, 9.17) is 9.47 Å². The maximum Gasteiger partial charge on any atom is 0.255 e. The minimum atomic E-state index is -0.665. The predicted molar refractivity (Wildman–Crippen MR) is 147 cm³/mol. The highest BCUT2D eigenvalue weighted by Crippen LogP contribution is 2.38. The number of ether oxygens (including phenoxy) is 2. The molecule has 3 aromatic carbocycles. The average Bonchev–Trinajstić information content (AvgIpc) is 2.93. The third-order valence-electron chi connectivity index (χ3n) is 6.52. The van der Waals surface area contributed by atoms with E-state index < -0.39 is 6.29 Å². The Morgan fingerprint density at radius 3 is 2.47 bits per heavy atom. The smallest absolute Gasteiger partial charge is 0.255 e. The standard InChI is InChI=1S/C31H34N2O5/c1-4-15-33(3)19-28-18-29(23-13-11-22(20-34)12-14-23)38-31(37-28)26-9-5-8-25(16-26)30(36)32-27-10-6-7-24(17-27)21(2)35/h4-14,16-17,28-29,31,34H,1,15,18-20H2,2-3H3,(H,32,36). The second-order valence-electron chi connectivity index (χ2n) is 9.58. The van der Waals surface area contributed by atoms with Crippen molar-refractivity contribution in [2.24, 2.45) is 0 Å². The normalized spacial score (nSPS) is 19.2. The van der Waals surface area contributed by atoms with E-state index in [1.165, 1.54) is 6.92 Å². The number of carbonyl (C=O) groups excluding carboxylic acids is 2. The van der Waals surface area contributed by atoms with Gasteiger partial charge < -0.3 is 24.8 Å². The summed E-state index contributed by atoms with van der Waals surface area (Å²) in [6.45, 7) is 6.74. The molecule has 0 bridgehead atoms. The van der Waals surface area contributed by atoms with E-state index in [9.17, 15) is 14.7 Å². The first-order chi connectivity index (χ1) is 18.4. The molecule has 0 aromatic heterocycles. The predicted octanol–water partition coefficient (Wildman–Crippen LogP) is 5.30. The van der Waals surface area contributed by atoms with E-state index in [0.29, 0.717) is 29.8 Å². The van der Waals surface area contributed by atoms with Crippen LogP contribution in [0, 0.1) is 0 Å². The van der Waals surface area contributed by atoms with Gasteiger partial charge in [-0.1, -0.05) is 54.6 Å². The molecule has 2 N–H and O–H groups in total. The van der Waals surface area contributed by atoms with Crippen molar-refractivity contribution in [2.45, 2.75) is 38.4 Å². The van der Waals surface area contributed by atoms with Gasteiger partial charge in [0.25, 0.3) is 5.91 Å². The number of aliphatic hydroxyl groups is 1. The zero-order chi connectivity index (χ0) is 27.1. The Hall–Kier alpha value is -3.62. The highest BCUT2D eigenvalue weighted by atomic mass is 16.7. The number of nitrogens with zero attached hydrogens (tertiary/aromatic N) is 1. The molecule has 3 atom stereocenters. The number of amides is 1. The summed E-state index contributed by atoms with van der Waals surface area (Å²) in [6, 6.07) is 21.8. The fourth-order valence-corrected chi connectivity index (χ4v) is 4.52. The molecule has 1 aliphatic rings. The van der Waals surface area contributed by atoms with Crippen LogP contribution in [-0.2, 0) is 16.1 Å². The minimum absolute atomic E-state index is 0.0135. The van der Waals surface area contributed by atoms with Gasteiger partial charge in [-0.3, -0.25) is 9.59 Å². The lowest BCUT2D eigenvalue weighted by molar-refractivity contribution is -0.252.